The van der Waals surface area contributed by atoms with Crippen molar-refractivity contribution in [2.45, 2.75) is 31.5 Å². The van der Waals surface area contributed by atoms with E-state index < -0.39 is 35.2 Å². The number of nitrogens with one attached hydrogen (secondary N) is 1. The Morgan fingerprint density at radius 3 is 2.57 bits per heavy atom. The number of halogens is 1. The van der Waals surface area contributed by atoms with Gasteiger partial charge in [-0.1, -0.05) is 31.2 Å². The lowest BCUT2D eigenvalue weighted by Crippen LogP contribution is -2.42. The van der Waals surface area contributed by atoms with Crippen molar-refractivity contribution < 1.29 is 23.5 Å². The van der Waals surface area contributed by atoms with Crippen LogP contribution >= 0.6 is 0 Å². The molecule has 0 saturated carbocycles. The van der Waals surface area contributed by atoms with Gasteiger partial charge in [0.05, 0.1) is 19.3 Å². The highest BCUT2D eigenvalue weighted by molar-refractivity contribution is 5.96. The predicted octanol–water partition coefficient (Wildman–Crippen LogP) is 1.83. The number of hydrogen-bond acceptors (Lipinski definition) is 5. The van der Waals surface area contributed by atoms with Crippen molar-refractivity contribution in [2.24, 2.45) is 17.4 Å². The van der Waals surface area contributed by atoms with Crippen molar-refractivity contribution in [3.8, 4) is 5.75 Å². The summed E-state index contributed by atoms with van der Waals surface area (Å²) >= 11 is 0. The maximum Gasteiger partial charge on any atom is 0.255 e. The molecule has 1 heterocycles. The summed E-state index contributed by atoms with van der Waals surface area (Å²) in [5, 5.41) is 2.76. The molecule has 0 radical (unpaired) electrons. The molecule has 8 heteroatoms. The number of amides is 2. The predicted molar refractivity (Wildman–Crippen MR) is 109 cm³/mol. The Morgan fingerprint density at radius 1 is 1.30 bits per heavy atom. The Bertz CT molecular complexity index is 934. The van der Waals surface area contributed by atoms with Crippen LogP contribution in [0.25, 0.3) is 0 Å². The number of carbonyl (C=O) groups excluding carboxylic acids is 2. The Kier molecular flexibility index (Phi) is 6.38. The molecule has 30 heavy (non-hydrogen) atoms. The average molecular weight is 415 g/mol. The smallest absolute Gasteiger partial charge is 0.255 e. The Balaban J connectivity index is 1.74. The number of carbonyl (C=O) groups is 2. The quantitative estimate of drug-likeness (QED) is 0.638. The molecule has 2 amide bonds. The Hall–Kier alpha value is -2.97. The van der Waals surface area contributed by atoms with Crippen LogP contribution in [0.5, 0.6) is 5.75 Å². The van der Waals surface area contributed by atoms with Gasteiger partial charge in [-0.3, -0.25) is 9.59 Å². The molecule has 2 aromatic rings. The van der Waals surface area contributed by atoms with Crippen molar-refractivity contribution in [1.29, 1.82) is 0 Å². The molecule has 160 valence electrons. The van der Waals surface area contributed by atoms with E-state index in [9.17, 15) is 14.0 Å². The maximum absolute atomic E-state index is 13.5. The number of hydrogen-bond donors (Lipinski definition) is 3. The number of nitrogens with two attached hydrogens (primary N) is 2. The van der Waals surface area contributed by atoms with E-state index in [1.165, 1.54) is 19.2 Å². The van der Waals surface area contributed by atoms with Gasteiger partial charge in [0, 0.05) is 17.9 Å². The third-order valence-electron chi connectivity index (χ3n) is 5.76. The number of ether oxygens (including phenoxy) is 2. The first-order valence-electron chi connectivity index (χ1n) is 9.64. The zero-order valence-corrected chi connectivity index (χ0v) is 17.0. The van der Waals surface area contributed by atoms with E-state index in [0.717, 1.165) is 17.2 Å². The molecule has 0 spiro atoms. The van der Waals surface area contributed by atoms with E-state index in [1.807, 2.05) is 24.3 Å². The van der Waals surface area contributed by atoms with Gasteiger partial charge in [0.15, 0.2) is 0 Å². The van der Waals surface area contributed by atoms with E-state index in [-0.39, 0.29) is 12.1 Å². The van der Waals surface area contributed by atoms with Gasteiger partial charge in [-0.05, 0) is 35.7 Å². The molecule has 1 aliphatic rings. The minimum absolute atomic E-state index is 0.125. The summed E-state index contributed by atoms with van der Waals surface area (Å²) in [6.07, 6.45) is 0.0408. The van der Waals surface area contributed by atoms with E-state index >= 15 is 0 Å². The topological polar surface area (TPSA) is 117 Å². The number of primary amides is 1. The van der Waals surface area contributed by atoms with E-state index in [2.05, 4.69) is 5.32 Å². The molecule has 1 saturated heterocycles. The minimum Gasteiger partial charge on any atom is -0.496 e. The van der Waals surface area contributed by atoms with Gasteiger partial charge in [0.1, 0.15) is 17.8 Å². The first-order chi connectivity index (χ1) is 14.3. The van der Waals surface area contributed by atoms with Crippen LogP contribution in [0.3, 0.4) is 0 Å². The van der Waals surface area contributed by atoms with Crippen LogP contribution < -0.4 is 21.5 Å². The van der Waals surface area contributed by atoms with Gasteiger partial charge >= 0.3 is 0 Å². The van der Waals surface area contributed by atoms with Crippen LogP contribution in [-0.2, 0) is 21.5 Å². The number of benzene rings is 2. The molecule has 1 fully saturated rings. The molecule has 3 atom stereocenters. The highest BCUT2D eigenvalue weighted by Crippen LogP contribution is 2.41. The number of rotatable bonds is 7. The number of methoxy groups -OCH3 is 1. The summed E-state index contributed by atoms with van der Waals surface area (Å²) < 4.78 is 24.2. The van der Waals surface area contributed by atoms with Crippen LogP contribution in [0.4, 0.5) is 4.39 Å². The molecule has 2 aromatic carbocycles. The summed E-state index contributed by atoms with van der Waals surface area (Å²) in [5.74, 6) is -1.52. The van der Waals surface area contributed by atoms with Crippen molar-refractivity contribution in [3.63, 3.8) is 0 Å². The minimum atomic E-state index is -0.581. The molecule has 3 rings (SSSR count). The van der Waals surface area contributed by atoms with Gasteiger partial charge in [-0.2, -0.15) is 0 Å². The zero-order valence-electron chi connectivity index (χ0n) is 17.0. The highest BCUT2D eigenvalue weighted by Gasteiger charge is 2.46. The first kappa shape index (κ1) is 21.7. The second-order valence-electron chi connectivity index (χ2n) is 7.56. The van der Waals surface area contributed by atoms with E-state index in [4.69, 9.17) is 20.9 Å². The lowest BCUT2D eigenvalue weighted by atomic mass is 9.69. The van der Waals surface area contributed by atoms with Crippen molar-refractivity contribution in [1.82, 2.24) is 5.32 Å². The summed E-state index contributed by atoms with van der Waals surface area (Å²) in [5.41, 5.74) is 12.8. The highest BCUT2D eigenvalue weighted by atomic mass is 19.1. The SMILES string of the molecule is COc1ccc(F)cc1C(=O)NCc1ccc(C2(C(C)C(N)=O)COC(N)C2)cc1. The van der Waals surface area contributed by atoms with Crippen molar-refractivity contribution in [2.75, 3.05) is 13.7 Å². The summed E-state index contributed by atoms with van der Waals surface area (Å²) in [7, 11) is 1.42. The average Bonchev–Trinajstić information content (AvgIpc) is 3.14. The monoisotopic (exact) mass is 415 g/mol. The molecular formula is C22H26FN3O4. The van der Waals surface area contributed by atoms with Gasteiger partial charge < -0.3 is 26.3 Å². The van der Waals surface area contributed by atoms with Crippen LogP contribution in [0.2, 0.25) is 0 Å². The van der Waals surface area contributed by atoms with Crippen LogP contribution in [0, 0.1) is 11.7 Å². The molecule has 3 unspecified atom stereocenters. The van der Waals surface area contributed by atoms with Gasteiger partial charge in [-0.15, -0.1) is 0 Å². The van der Waals surface area contributed by atoms with Crippen LogP contribution in [0.1, 0.15) is 34.8 Å². The summed E-state index contributed by atoms with van der Waals surface area (Å²) in [4.78, 5) is 24.3. The molecule has 0 bridgehead atoms. The van der Waals surface area contributed by atoms with Gasteiger partial charge in [-0.25, -0.2) is 4.39 Å². The van der Waals surface area contributed by atoms with E-state index in [1.54, 1.807) is 6.92 Å². The lowest BCUT2D eigenvalue weighted by molar-refractivity contribution is -0.123. The zero-order chi connectivity index (χ0) is 21.9. The second kappa shape index (κ2) is 8.81. The maximum atomic E-state index is 13.5. The van der Waals surface area contributed by atoms with Crippen molar-refractivity contribution >= 4 is 11.8 Å². The van der Waals surface area contributed by atoms with Crippen LogP contribution in [0.15, 0.2) is 42.5 Å². The second-order valence-corrected chi connectivity index (χ2v) is 7.56. The third-order valence-corrected chi connectivity index (χ3v) is 5.76. The van der Waals surface area contributed by atoms with Crippen LogP contribution in [-0.4, -0.2) is 31.8 Å². The standard InChI is InChI=1S/C22H26FN3O4/c1-13(20(25)27)22(10-19(24)30-12-22)15-5-3-14(4-6-15)11-26-21(28)17-9-16(23)7-8-18(17)29-2/h3-9,13,19H,10-12,24H2,1-2H3,(H2,25,27)(H,26,28). The Labute approximate surface area is 174 Å². The molecule has 0 aliphatic carbocycles. The molecule has 0 aromatic heterocycles. The summed E-state index contributed by atoms with van der Waals surface area (Å²) in [6.45, 7) is 2.34. The van der Waals surface area contributed by atoms with E-state index in [0.29, 0.717) is 18.8 Å². The van der Waals surface area contributed by atoms with Crippen molar-refractivity contribution in [3.05, 3.63) is 65.0 Å². The largest absolute Gasteiger partial charge is 0.496 e. The Morgan fingerprint density at radius 2 is 2.00 bits per heavy atom. The molecule has 7 nitrogen and oxygen atoms in total. The summed E-state index contributed by atoms with van der Waals surface area (Å²) in [6, 6.07) is 11.3. The lowest BCUT2D eigenvalue weighted by Gasteiger charge is -2.33. The third kappa shape index (κ3) is 4.29. The van der Waals surface area contributed by atoms with Gasteiger partial charge in [0.25, 0.3) is 5.91 Å². The fraction of sp³-hybridized carbons (Fsp3) is 0.364. The molecular weight excluding hydrogens is 389 g/mol. The fourth-order valence-corrected chi connectivity index (χ4v) is 3.85. The molecule has 5 N–H and O–H groups in total. The first-order valence-corrected chi connectivity index (χ1v) is 9.64. The van der Waals surface area contributed by atoms with Gasteiger partial charge in [0.2, 0.25) is 5.91 Å². The fourth-order valence-electron chi connectivity index (χ4n) is 3.85. The molecule has 1 aliphatic heterocycles. The normalized spacial score (nSPS) is 21.8.